The Morgan fingerprint density at radius 2 is 1.62 bits per heavy atom. The Balaban J connectivity index is 1.74. The molecular formula is C16H18ClNO2S. The van der Waals surface area contributed by atoms with Gasteiger partial charge in [0.2, 0.25) is 0 Å². The Morgan fingerprint density at radius 1 is 1.00 bits per heavy atom. The van der Waals surface area contributed by atoms with Gasteiger partial charge in [-0.2, -0.15) is 0 Å². The highest BCUT2D eigenvalue weighted by molar-refractivity contribution is 7.84. The van der Waals surface area contributed by atoms with Crippen LogP contribution in [0.4, 0.5) is 0 Å². The van der Waals surface area contributed by atoms with Gasteiger partial charge in [-0.1, -0.05) is 35.9 Å². The molecule has 3 nitrogen and oxygen atoms in total. The summed E-state index contributed by atoms with van der Waals surface area (Å²) in [6.07, 6.45) is 0. The van der Waals surface area contributed by atoms with Gasteiger partial charge in [0, 0.05) is 28.1 Å². The van der Waals surface area contributed by atoms with Crippen molar-refractivity contribution >= 4 is 22.4 Å². The smallest absolute Gasteiger partial charge is 0.119 e. The Kier molecular flexibility index (Phi) is 6.23. The summed E-state index contributed by atoms with van der Waals surface area (Å²) >= 11 is 5.82. The molecule has 2 aromatic rings. The summed E-state index contributed by atoms with van der Waals surface area (Å²) in [5.41, 5.74) is 7.62. The quantitative estimate of drug-likeness (QED) is 0.851. The van der Waals surface area contributed by atoms with E-state index >= 15 is 0 Å². The zero-order valence-corrected chi connectivity index (χ0v) is 13.2. The minimum atomic E-state index is -0.945. The van der Waals surface area contributed by atoms with Crippen molar-refractivity contribution in [2.24, 2.45) is 5.73 Å². The zero-order valence-electron chi connectivity index (χ0n) is 11.6. The average molecular weight is 324 g/mol. The third kappa shape index (κ3) is 5.50. The van der Waals surface area contributed by atoms with Crippen molar-refractivity contribution in [2.45, 2.75) is 12.3 Å². The van der Waals surface area contributed by atoms with E-state index in [2.05, 4.69) is 0 Å². The molecule has 0 bridgehead atoms. The van der Waals surface area contributed by atoms with E-state index < -0.39 is 10.8 Å². The fourth-order valence-electron chi connectivity index (χ4n) is 1.81. The van der Waals surface area contributed by atoms with E-state index in [0.717, 1.165) is 16.9 Å². The van der Waals surface area contributed by atoms with Gasteiger partial charge in [0.1, 0.15) is 5.75 Å². The van der Waals surface area contributed by atoms with E-state index in [1.807, 2.05) is 48.5 Å². The maximum atomic E-state index is 12.0. The van der Waals surface area contributed by atoms with Crippen molar-refractivity contribution in [1.82, 2.24) is 0 Å². The molecule has 0 radical (unpaired) electrons. The second-order valence-electron chi connectivity index (χ2n) is 4.61. The number of rotatable bonds is 7. The van der Waals surface area contributed by atoms with Gasteiger partial charge >= 0.3 is 0 Å². The molecule has 1 atom stereocenters. The molecule has 1 unspecified atom stereocenters. The highest BCUT2D eigenvalue weighted by atomic mass is 35.5. The monoisotopic (exact) mass is 323 g/mol. The van der Waals surface area contributed by atoms with Crippen LogP contribution in [0.2, 0.25) is 5.02 Å². The Hall–Kier alpha value is -1.36. The number of hydrogen-bond acceptors (Lipinski definition) is 3. The van der Waals surface area contributed by atoms with Gasteiger partial charge < -0.3 is 10.5 Å². The Bertz CT molecular complexity index is 584. The summed E-state index contributed by atoms with van der Waals surface area (Å²) in [5.74, 6) is 1.80. The van der Waals surface area contributed by atoms with Crippen LogP contribution in [0.3, 0.4) is 0 Å². The summed E-state index contributed by atoms with van der Waals surface area (Å²) in [6, 6.07) is 15.0. The first-order chi connectivity index (χ1) is 10.2. The van der Waals surface area contributed by atoms with E-state index in [1.165, 1.54) is 0 Å². The number of benzene rings is 2. The van der Waals surface area contributed by atoms with Crippen LogP contribution < -0.4 is 10.5 Å². The Morgan fingerprint density at radius 3 is 2.24 bits per heavy atom. The van der Waals surface area contributed by atoms with Gasteiger partial charge in [-0.25, -0.2) is 0 Å². The van der Waals surface area contributed by atoms with Crippen LogP contribution >= 0.6 is 11.6 Å². The topological polar surface area (TPSA) is 52.3 Å². The third-order valence-corrected chi connectivity index (χ3v) is 4.51. The SMILES string of the molecule is NCc1ccc(OCCS(=O)Cc2ccc(Cl)cc2)cc1. The third-order valence-electron chi connectivity index (χ3n) is 2.98. The summed E-state index contributed by atoms with van der Waals surface area (Å²) in [4.78, 5) is 0. The van der Waals surface area contributed by atoms with E-state index in [4.69, 9.17) is 22.1 Å². The van der Waals surface area contributed by atoms with Crippen molar-refractivity contribution in [3.05, 3.63) is 64.7 Å². The van der Waals surface area contributed by atoms with Crippen molar-refractivity contribution < 1.29 is 8.95 Å². The number of ether oxygens (including phenoxy) is 1. The molecule has 112 valence electrons. The van der Waals surface area contributed by atoms with Gasteiger partial charge in [0.25, 0.3) is 0 Å². The van der Waals surface area contributed by atoms with E-state index in [-0.39, 0.29) is 0 Å². The first-order valence-electron chi connectivity index (χ1n) is 6.68. The molecule has 21 heavy (non-hydrogen) atoms. The molecule has 2 rings (SSSR count). The molecule has 0 aliphatic rings. The molecule has 0 fully saturated rings. The maximum Gasteiger partial charge on any atom is 0.119 e. The highest BCUT2D eigenvalue weighted by Crippen LogP contribution is 2.13. The molecule has 0 aliphatic carbocycles. The molecule has 0 spiro atoms. The molecule has 0 saturated heterocycles. The van der Waals surface area contributed by atoms with E-state index in [9.17, 15) is 4.21 Å². The van der Waals surface area contributed by atoms with Crippen LogP contribution in [0.25, 0.3) is 0 Å². The summed E-state index contributed by atoms with van der Waals surface area (Å²) in [6.45, 7) is 0.952. The predicted molar refractivity (Wildman–Crippen MR) is 88.0 cm³/mol. The van der Waals surface area contributed by atoms with Gasteiger partial charge in [0.05, 0.1) is 12.4 Å². The number of hydrogen-bond donors (Lipinski definition) is 1. The van der Waals surface area contributed by atoms with Crippen LogP contribution in [-0.4, -0.2) is 16.6 Å². The van der Waals surface area contributed by atoms with Gasteiger partial charge in [-0.15, -0.1) is 0 Å². The zero-order chi connectivity index (χ0) is 15.1. The van der Waals surface area contributed by atoms with Crippen molar-refractivity contribution in [1.29, 1.82) is 0 Å². The lowest BCUT2D eigenvalue weighted by atomic mass is 10.2. The van der Waals surface area contributed by atoms with Crippen LogP contribution in [0.15, 0.2) is 48.5 Å². The lowest BCUT2D eigenvalue weighted by molar-refractivity contribution is 0.342. The molecule has 5 heteroatoms. The molecular weight excluding hydrogens is 306 g/mol. The van der Waals surface area contributed by atoms with Crippen molar-refractivity contribution in [2.75, 3.05) is 12.4 Å². The van der Waals surface area contributed by atoms with Crippen LogP contribution in [0.5, 0.6) is 5.75 Å². The lowest BCUT2D eigenvalue weighted by Crippen LogP contribution is -2.10. The first-order valence-corrected chi connectivity index (χ1v) is 8.55. The van der Waals surface area contributed by atoms with Crippen LogP contribution in [0, 0.1) is 0 Å². The van der Waals surface area contributed by atoms with Gasteiger partial charge in [-0.05, 0) is 35.4 Å². The maximum absolute atomic E-state index is 12.0. The summed E-state index contributed by atoms with van der Waals surface area (Å²) < 4.78 is 17.5. The minimum absolute atomic E-state index is 0.433. The lowest BCUT2D eigenvalue weighted by Gasteiger charge is -2.07. The minimum Gasteiger partial charge on any atom is -0.493 e. The number of nitrogens with two attached hydrogens (primary N) is 1. The van der Waals surface area contributed by atoms with Crippen molar-refractivity contribution in [3.63, 3.8) is 0 Å². The second kappa shape index (κ2) is 8.17. The molecule has 2 aromatic carbocycles. The molecule has 0 heterocycles. The van der Waals surface area contributed by atoms with Crippen LogP contribution in [0.1, 0.15) is 11.1 Å². The summed E-state index contributed by atoms with van der Waals surface area (Å²) in [5, 5.41) is 0.689. The highest BCUT2D eigenvalue weighted by Gasteiger charge is 2.03. The average Bonchev–Trinajstić information content (AvgIpc) is 2.50. The predicted octanol–water partition coefficient (Wildman–Crippen LogP) is 3.13. The van der Waals surface area contributed by atoms with Gasteiger partial charge in [0.15, 0.2) is 0 Å². The van der Waals surface area contributed by atoms with E-state index in [1.54, 1.807) is 0 Å². The van der Waals surface area contributed by atoms with Crippen molar-refractivity contribution in [3.8, 4) is 5.75 Å². The standard InChI is InChI=1S/C16H18ClNO2S/c17-15-5-1-14(2-6-15)12-21(19)10-9-20-16-7-3-13(11-18)4-8-16/h1-8H,9-12,18H2. The normalized spacial score (nSPS) is 12.1. The fourth-order valence-corrected chi connectivity index (χ4v) is 2.92. The summed E-state index contributed by atoms with van der Waals surface area (Å²) in [7, 11) is -0.945. The van der Waals surface area contributed by atoms with E-state index in [0.29, 0.717) is 29.7 Å². The number of halogens is 1. The molecule has 0 aliphatic heterocycles. The second-order valence-corrected chi connectivity index (χ2v) is 6.62. The first kappa shape index (κ1) is 16.0. The largest absolute Gasteiger partial charge is 0.493 e. The van der Waals surface area contributed by atoms with Crippen LogP contribution in [-0.2, 0) is 23.1 Å². The molecule has 2 N–H and O–H groups in total. The molecule has 0 aromatic heterocycles. The Labute approximate surface area is 132 Å². The molecule has 0 saturated carbocycles. The van der Waals surface area contributed by atoms with Gasteiger partial charge in [-0.3, -0.25) is 4.21 Å². The molecule has 0 amide bonds. The fraction of sp³-hybridized carbons (Fsp3) is 0.250.